The average molecular weight is 504 g/mol. The maximum Gasteiger partial charge on any atom is 0.522 e. The molecular formula is C23H32F3N3O6. The molecule has 35 heavy (non-hydrogen) atoms. The Morgan fingerprint density at radius 3 is 2.43 bits per heavy atom. The third-order valence-corrected chi connectivity index (χ3v) is 7.87. The average Bonchev–Trinajstić information content (AvgIpc) is 3.26. The normalized spacial score (nSPS) is 28.0. The number of amides is 3. The zero-order valence-electron chi connectivity index (χ0n) is 19.5. The van der Waals surface area contributed by atoms with E-state index in [1.807, 2.05) is 0 Å². The summed E-state index contributed by atoms with van der Waals surface area (Å²) in [5, 5.41) is 16.1. The van der Waals surface area contributed by atoms with Crippen molar-refractivity contribution in [3.63, 3.8) is 0 Å². The summed E-state index contributed by atoms with van der Waals surface area (Å²) in [5.41, 5.74) is -1.73. The van der Waals surface area contributed by atoms with Gasteiger partial charge in [0.05, 0.1) is 6.04 Å². The Morgan fingerprint density at radius 2 is 1.86 bits per heavy atom. The number of hydrogen-bond donors (Lipinski definition) is 3. The zero-order valence-corrected chi connectivity index (χ0v) is 19.5. The number of halogens is 3. The third kappa shape index (κ3) is 5.96. The number of carbonyl (C=O) groups excluding carboxylic acids is 4. The van der Waals surface area contributed by atoms with Gasteiger partial charge in [-0.2, -0.15) is 0 Å². The molecule has 12 heteroatoms. The molecule has 0 aromatic carbocycles. The number of ether oxygens (including phenoxy) is 1. The number of nitrogens with zero attached hydrogens (tertiary/aromatic N) is 1. The van der Waals surface area contributed by atoms with Crippen LogP contribution in [0.1, 0.15) is 64.2 Å². The first kappa shape index (κ1) is 25.9. The molecule has 2 heterocycles. The van der Waals surface area contributed by atoms with Crippen LogP contribution in [0.2, 0.25) is 0 Å². The first-order valence-corrected chi connectivity index (χ1v) is 12.3. The van der Waals surface area contributed by atoms with E-state index in [0.717, 1.165) is 19.3 Å². The van der Waals surface area contributed by atoms with Gasteiger partial charge in [0.1, 0.15) is 18.2 Å². The molecule has 0 unspecified atom stereocenters. The Morgan fingerprint density at radius 1 is 1.17 bits per heavy atom. The lowest BCUT2D eigenvalue weighted by Gasteiger charge is -2.36. The van der Waals surface area contributed by atoms with Gasteiger partial charge in [-0.3, -0.25) is 23.9 Å². The number of nitrogens with one attached hydrogen (secondary N) is 2. The van der Waals surface area contributed by atoms with Gasteiger partial charge < -0.3 is 20.6 Å². The number of aliphatic hydroxyl groups is 1. The maximum absolute atomic E-state index is 13.3. The van der Waals surface area contributed by atoms with Crippen LogP contribution >= 0.6 is 0 Å². The molecule has 3 N–H and O–H groups in total. The van der Waals surface area contributed by atoms with Gasteiger partial charge in [0.25, 0.3) is 5.91 Å². The second-order valence-electron chi connectivity index (χ2n) is 10.5. The minimum Gasteiger partial charge on any atom is -0.380 e. The fourth-order valence-corrected chi connectivity index (χ4v) is 5.61. The van der Waals surface area contributed by atoms with Crippen molar-refractivity contribution >= 4 is 23.5 Å². The monoisotopic (exact) mass is 503 g/mol. The lowest BCUT2D eigenvalue weighted by molar-refractivity contribution is -0.321. The highest BCUT2D eigenvalue weighted by Crippen LogP contribution is 2.55. The Bertz CT molecular complexity index is 869. The number of ketones is 1. The van der Waals surface area contributed by atoms with Crippen molar-refractivity contribution in [2.45, 2.75) is 88.3 Å². The molecule has 2 aliphatic carbocycles. The largest absolute Gasteiger partial charge is 0.522 e. The van der Waals surface area contributed by atoms with Crippen molar-refractivity contribution < 1.29 is 42.2 Å². The van der Waals surface area contributed by atoms with Crippen molar-refractivity contribution in [3.8, 4) is 0 Å². The molecule has 4 rings (SSSR count). The van der Waals surface area contributed by atoms with E-state index in [2.05, 4.69) is 15.4 Å². The summed E-state index contributed by atoms with van der Waals surface area (Å²) < 4.78 is 41.2. The molecule has 2 aliphatic heterocycles. The Labute approximate surface area is 201 Å². The van der Waals surface area contributed by atoms with Crippen molar-refractivity contribution in [2.24, 2.45) is 11.3 Å². The van der Waals surface area contributed by atoms with E-state index in [-0.39, 0.29) is 17.7 Å². The van der Waals surface area contributed by atoms with Crippen molar-refractivity contribution in [2.75, 3.05) is 19.7 Å². The fourth-order valence-electron chi connectivity index (χ4n) is 5.61. The van der Waals surface area contributed by atoms with E-state index >= 15 is 0 Å². The molecular weight excluding hydrogens is 471 g/mol. The van der Waals surface area contributed by atoms with Crippen LogP contribution in [0.15, 0.2) is 0 Å². The van der Waals surface area contributed by atoms with Crippen LogP contribution in [0, 0.1) is 11.3 Å². The van der Waals surface area contributed by atoms with E-state index in [4.69, 9.17) is 0 Å². The minimum atomic E-state index is -5.02. The number of likely N-dealkylation sites (tertiary alicyclic amines) is 1. The predicted molar refractivity (Wildman–Crippen MR) is 114 cm³/mol. The van der Waals surface area contributed by atoms with Gasteiger partial charge in [0.2, 0.25) is 11.8 Å². The first-order chi connectivity index (χ1) is 16.4. The fraction of sp³-hybridized carbons (Fsp3) is 0.826. The number of carbonyl (C=O) groups is 4. The molecule has 3 atom stereocenters. The molecule has 4 fully saturated rings. The summed E-state index contributed by atoms with van der Waals surface area (Å²) in [6, 6.07) is -2.31. The predicted octanol–water partition coefficient (Wildman–Crippen LogP) is 1.18. The van der Waals surface area contributed by atoms with E-state index in [0.29, 0.717) is 51.6 Å². The van der Waals surface area contributed by atoms with Crippen LogP contribution in [0.3, 0.4) is 0 Å². The standard InChI is InChI=1S/C23H32F3N3O6/c24-23(25,26)35-12-17(30)15(10-14-4-9-27-18(14)31)28-19(32)16-11-21(7-8-21)13-29(16)20(33)22(34)5-2-1-3-6-22/h14-16,34H,1-13H2,(H,27,31)(H,28,32)/t14-,15-,16-/m0/s1. The number of rotatable bonds is 8. The Balaban J connectivity index is 1.48. The molecule has 4 aliphatic rings. The van der Waals surface area contributed by atoms with Gasteiger partial charge in [-0.05, 0) is 50.4 Å². The van der Waals surface area contributed by atoms with Gasteiger partial charge >= 0.3 is 6.36 Å². The summed E-state index contributed by atoms with van der Waals surface area (Å²) in [5.74, 6) is -3.12. The molecule has 3 amide bonds. The highest BCUT2D eigenvalue weighted by molar-refractivity contribution is 5.95. The smallest absolute Gasteiger partial charge is 0.380 e. The quantitative estimate of drug-likeness (QED) is 0.457. The maximum atomic E-state index is 13.3. The van der Waals surface area contributed by atoms with Crippen LogP contribution < -0.4 is 10.6 Å². The Hall–Kier alpha value is -2.21. The molecule has 0 aromatic rings. The summed E-state index contributed by atoms with van der Waals surface area (Å²) in [6.45, 7) is -0.587. The molecule has 0 bridgehead atoms. The van der Waals surface area contributed by atoms with E-state index in [1.54, 1.807) is 0 Å². The van der Waals surface area contributed by atoms with Gasteiger partial charge in [-0.25, -0.2) is 0 Å². The van der Waals surface area contributed by atoms with E-state index < -0.39 is 54.2 Å². The van der Waals surface area contributed by atoms with E-state index in [1.165, 1.54) is 4.90 Å². The summed E-state index contributed by atoms with van der Waals surface area (Å²) in [4.78, 5) is 52.7. The van der Waals surface area contributed by atoms with Crippen LogP contribution in [-0.2, 0) is 23.9 Å². The molecule has 196 valence electrons. The second kappa shape index (κ2) is 9.68. The Kier molecular flexibility index (Phi) is 7.16. The molecule has 2 saturated heterocycles. The molecule has 1 spiro atoms. The topological polar surface area (TPSA) is 125 Å². The first-order valence-electron chi connectivity index (χ1n) is 12.3. The van der Waals surface area contributed by atoms with Crippen molar-refractivity contribution in [1.29, 1.82) is 0 Å². The number of alkyl halides is 3. The molecule has 0 aromatic heterocycles. The van der Waals surface area contributed by atoms with Crippen LogP contribution in [0.4, 0.5) is 13.2 Å². The highest BCUT2D eigenvalue weighted by atomic mass is 19.4. The van der Waals surface area contributed by atoms with Crippen LogP contribution in [0.5, 0.6) is 0 Å². The number of hydrogen-bond acceptors (Lipinski definition) is 6. The van der Waals surface area contributed by atoms with Crippen LogP contribution in [-0.4, -0.2) is 77.3 Å². The highest BCUT2D eigenvalue weighted by Gasteiger charge is 2.57. The number of Topliss-reactive ketones (excluding diaryl/α,β-unsaturated/α-hetero) is 1. The van der Waals surface area contributed by atoms with Crippen LogP contribution in [0.25, 0.3) is 0 Å². The summed E-state index contributed by atoms with van der Waals surface area (Å²) in [6.07, 6.45) is 0.216. The molecule has 0 radical (unpaired) electrons. The third-order valence-electron chi connectivity index (χ3n) is 7.87. The second-order valence-corrected chi connectivity index (χ2v) is 10.5. The summed E-state index contributed by atoms with van der Waals surface area (Å²) in [7, 11) is 0. The van der Waals surface area contributed by atoms with Gasteiger partial charge in [0.15, 0.2) is 5.78 Å². The van der Waals surface area contributed by atoms with Gasteiger partial charge in [-0.15, -0.1) is 13.2 Å². The lowest BCUT2D eigenvalue weighted by atomic mass is 9.83. The molecule has 2 saturated carbocycles. The SMILES string of the molecule is O=C1NCC[C@H]1C[C@H](NC(=O)[C@@H]1CC2(CC2)CN1C(=O)C1(O)CCCCC1)C(=O)COC(F)(F)F. The lowest BCUT2D eigenvalue weighted by Crippen LogP contribution is -2.57. The zero-order chi connectivity index (χ0) is 25.4. The van der Waals surface area contributed by atoms with Gasteiger partial charge in [-0.1, -0.05) is 19.3 Å². The summed E-state index contributed by atoms with van der Waals surface area (Å²) >= 11 is 0. The van der Waals surface area contributed by atoms with Gasteiger partial charge in [0, 0.05) is 19.0 Å². The van der Waals surface area contributed by atoms with Crippen molar-refractivity contribution in [3.05, 3.63) is 0 Å². The van der Waals surface area contributed by atoms with E-state index in [9.17, 15) is 37.5 Å². The molecule has 9 nitrogen and oxygen atoms in total. The minimum absolute atomic E-state index is 0.159. The van der Waals surface area contributed by atoms with Crippen molar-refractivity contribution in [1.82, 2.24) is 15.5 Å².